The molecule has 0 radical (unpaired) electrons. The molecule has 1 unspecified atom stereocenters. The molecule has 0 aromatic carbocycles. The number of hydrogen-bond donors (Lipinski definition) is 0. The van der Waals surface area contributed by atoms with Crippen LogP contribution >= 0.6 is 11.3 Å². The first-order valence-electron chi connectivity index (χ1n) is 7.50. The first kappa shape index (κ1) is 13.2. The molecule has 6 nitrogen and oxygen atoms in total. The third kappa shape index (κ3) is 2.80. The Balaban J connectivity index is 1.37. The Kier molecular flexibility index (Phi) is 3.39. The summed E-state index contributed by atoms with van der Waals surface area (Å²) in [6.07, 6.45) is 4.27. The maximum atomic E-state index is 5.76. The van der Waals surface area contributed by atoms with Gasteiger partial charge in [0.25, 0.3) is 0 Å². The lowest BCUT2D eigenvalue weighted by atomic mass is 10.2. The number of nitrogens with zero attached hydrogens (tertiary/aromatic N) is 5. The molecule has 0 bridgehead atoms. The maximum Gasteiger partial charge on any atom is 0.230 e. The number of hydrogen-bond acceptors (Lipinski definition) is 7. The third-order valence-electron chi connectivity index (χ3n) is 4.14. The van der Waals surface area contributed by atoms with Crippen molar-refractivity contribution in [2.75, 3.05) is 24.5 Å². The van der Waals surface area contributed by atoms with Crippen LogP contribution in [0.15, 0.2) is 16.0 Å². The van der Waals surface area contributed by atoms with Crippen LogP contribution in [0, 0.1) is 0 Å². The Bertz CT molecular complexity index is 594. The highest BCUT2D eigenvalue weighted by molar-refractivity contribution is 7.13. The van der Waals surface area contributed by atoms with Crippen molar-refractivity contribution in [2.45, 2.75) is 38.3 Å². The summed E-state index contributed by atoms with van der Waals surface area (Å²) >= 11 is 1.71. The lowest BCUT2D eigenvalue weighted by Gasteiger charge is -2.39. The maximum absolute atomic E-state index is 5.76. The van der Waals surface area contributed by atoms with Crippen molar-refractivity contribution in [3.63, 3.8) is 0 Å². The Hall–Kier alpha value is -1.47. The number of rotatable bonds is 4. The number of anilines is 1. The van der Waals surface area contributed by atoms with E-state index in [1.807, 2.05) is 11.6 Å². The van der Waals surface area contributed by atoms with Crippen LogP contribution in [0.25, 0.3) is 0 Å². The zero-order valence-corrected chi connectivity index (χ0v) is 12.9. The van der Waals surface area contributed by atoms with Gasteiger partial charge in [-0.1, -0.05) is 0 Å². The van der Waals surface area contributed by atoms with Crippen LogP contribution in [-0.2, 0) is 6.54 Å². The summed E-state index contributed by atoms with van der Waals surface area (Å²) in [6, 6.07) is 0.454. The van der Waals surface area contributed by atoms with Crippen LogP contribution < -0.4 is 4.90 Å². The molecule has 0 spiro atoms. The summed E-state index contributed by atoms with van der Waals surface area (Å²) in [5.74, 6) is 2.12. The van der Waals surface area contributed by atoms with E-state index >= 15 is 0 Å². The number of piperazine rings is 1. The van der Waals surface area contributed by atoms with Gasteiger partial charge >= 0.3 is 0 Å². The molecule has 0 amide bonds. The van der Waals surface area contributed by atoms with Crippen LogP contribution in [0.3, 0.4) is 0 Å². The highest BCUT2D eigenvalue weighted by atomic mass is 32.1. The van der Waals surface area contributed by atoms with Gasteiger partial charge in [0.05, 0.1) is 6.54 Å². The lowest BCUT2D eigenvalue weighted by molar-refractivity contribution is 0.200. The molecule has 4 rings (SSSR count). The van der Waals surface area contributed by atoms with Crippen LogP contribution in [0.4, 0.5) is 5.13 Å². The molecule has 2 aromatic heterocycles. The molecule has 21 heavy (non-hydrogen) atoms. The van der Waals surface area contributed by atoms with Gasteiger partial charge in [-0.25, -0.2) is 4.98 Å². The van der Waals surface area contributed by atoms with E-state index in [1.54, 1.807) is 11.3 Å². The van der Waals surface area contributed by atoms with Crippen LogP contribution in [-0.4, -0.2) is 45.8 Å². The minimum atomic E-state index is 0.454. The molecule has 0 N–H and O–H groups in total. The molecule has 7 heteroatoms. The Morgan fingerprint density at radius 3 is 2.95 bits per heavy atom. The summed E-state index contributed by atoms with van der Waals surface area (Å²) in [6.45, 7) is 6.01. The highest BCUT2D eigenvalue weighted by Crippen LogP contribution is 2.39. The summed E-state index contributed by atoms with van der Waals surface area (Å²) < 4.78 is 5.76. The minimum Gasteiger partial charge on any atom is -0.424 e. The van der Waals surface area contributed by atoms with Gasteiger partial charge in [-0.3, -0.25) is 4.90 Å². The van der Waals surface area contributed by atoms with E-state index < -0.39 is 0 Å². The molecule has 1 saturated heterocycles. The normalized spacial score (nSPS) is 23.7. The first-order valence-corrected chi connectivity index (χ1v) is 8.38. The molecule has 1 saturated carbocycles. The summed E-state index contributed by atoms with van der Waals surface area (Å²) in [7, 11) is 0. The topological polar surface area (TPSA) is 58.3 Å². The molecule has 1 aliphatic heterocycles. The Morgan fingerprint density at radius 2 is 2.24 bits per heavy atom. The molecule has 112 valence electrons. The standard InChI is InChI=1S/C14H19N5OS/c1-10-8-18(5-6-19(10)14-15-4-7-21-14)9-12-16-17-13(20-12)11-2-3-11/h4,7,10-11H,2-3,5-6,8-9H2,1H3. The van der Waals surface area contributed by atoms with Crippen LogP contribution in [0.5, 0.6) is 0 Å². The van der Waals surface area contributed by atoms with Crippen LogP contribution in [0.1, 0.15) is 37.5 Å². The average Bonchev–Trinajstić information content (AvgIpc) is 2.99. The Labute approximate surface area is 127 Å². The van der Waals surface area contributed by atoms with Crippen molar-refractivity contribution >= 4 is 16.5 Å². The third-order valence-corrected chi connectivity index (χ3v) is 4.95. The molecule has 2 aliphatic rings. The fourth-order valence-electron chi connectivity index (χ4n) is 2.84. The number of thiazole rings is 1. The van der Waals surface area contributed by atoms with Gasteiger partial charge in [-0.2, -0.15) is 0 Å². The minimum absolute atomic E-state index is 0.454. The van der Waals surface area contributed by atoms with Gasteiger partial charge in [0.1, 0.15) is 0 Å². The molecule has 3 heterocycles. The Morgan fingerprint density at radius 1 is 1.33 bits per heavy atom. The molecule has 1 atom stereocenters. The van der Waals surface area contributed by atoms with Crippen molar-refractivity contribution in [3.8, 4) is 0 Å². The average molecular weight is 305 g/mol. The zero-order valence-electron chi connectivity index (χ0n) is 12.1. The second kappa shape index (κ2) is 5.38. The molecule has 1 aliphatic carbocycles. The zero-order chi connectivity index (χ0) is 14.2. The van der Waals surface area contributed by atoms with Crippen molar-refractivity contribution in [1.29, 1.82) is 0 Å². The van der Waals surface area contributed by atoms with Gasteiger partial charge in [-0.05, 0) is 19.8 Å². The molecule has 2 fully saturated rings. The smallest absolute Gasteiger partial charge is 0.230 e. The summed E-state index contributed by atoms with van der Waals surface area (Å²) in [5, 5.41) is 11.5. The van der Waals surface area contributed by atoms with Gasteiger partial charge in [0.15, 0.2) is 5.13 Å². The molecule has 2 aromatic rings. The fraction of sp³-hybridized carbons (Fsp3) is 0.643. The van der Waals surface area contributed by atoms with Crippen molar-refractivity contribution in [1.82, 2.24) is 20.1 Å². The monoisotopic (exact) mass is 305 g/mol. The van der Waals surface area contributed by atoms with E-state index in [2.05, 4.69) is 31.9 Å². The molecular formula is C14H19N5OS. The van der Waals surface area contributed by atoms with E-state index in [-0.39, 0.29) is 0 Å². The van der Waals surface area contributed by atoms with E-state index in [0.29, 0.717) is 12.0 Å². The molecular weight excluding hydrogens is 286 g/mol. The van der Waals surface area contributed by atoms with Crippen molar-refractivity contribution < 1.29 is 4.42 Å². The quantitative estimate of drug-likeness (QED) is 0.862. The van der Waals surface area contributed by atoms with Gasteiger partial charge < -0.3 is 9.32 Å². The first-order chi connectivity index (χ1) is 10.3. The lowest BCUT2D eigenvalue weighted by Crippen LogP contribution is -2.51. The van der Waals surface area contributed by atoms with Crippen molar-refractivity contribution in [2.24, 2.45) is 0 Å². The van der Waals surface area contributed by atoms with E-state index in [0.717, 1.165) is 43.1 Å². The SMILES string of the molecule is CC1CN(Cc2nnc(C3CC3)o2)CCN1c1nccs1. The van der Waals surface area contributed by atoms with Crippen LogP contribution in [0.2, 0.25) is 0 Å². The number of aromatic nitrogens is 3. The van der Waals surface area contributed by atoms with Gasteiger partial charge in [-0.15, -0.1) is 21.5 Å². The fourth-order valence-corrected chi connectivity index (χ4v) is 3.61. The predicted molar refractivity (Wildman–Crippen MR) is 80.5 cm³/mol. The van der Waals surface area contributed by atoms with E-state index in [1.165, 1.54) is 12.8 Å². The highest BCUT2D eigenvalue weighted by Gasteiger charge is 2.30. The van der Waals surface area contributed by atoms with E-state index in [4.69, 9.17) is 4.42 Å². The second-order valence-corrected chi connectivity index (χ2v) is 6.77. The van der Waals surface area contributed by atoms with Gasteiger partial charge in [0.2, 0.25) is 11.8 Å². The second-order valence-electron chi connectivity index (χ2n) is 5.90. The largest absolute Gasteiger partial charge is 0.424 e. The predicted octanol–water partition coefficient (Wildman–Crippen LogP) is 2.11. The summed E-state index contributed by atoms with van der Waals surface area (Å²) in [5.41, 5.74) is 0. The summed E-state index contributed by atoms with van der Waals surface area (Å²) in [4.78, 5) is 9.18. The van der Waals surface area contributed by atoms with Gasteiger partial charge in [0, 0.05) is 43.2 Å². The van der Waals surface area contributed by atoms with Crippen molar-refractivity contribution in [3.05, 3.63) is 23.4 Å². The van der Waals surface area contributed by atoms with E-state index in [9.17, 15) is 0 Å².